The second kappa shape index (κ2) is 11.0. The fourth-order valence-corrected chi connectivity index (χ4v) is 4.52. The molecule has 0 N–H and O–H groups in total. The average Bonchev–Trinajstić information content (AvgIpc) is 3.21. The molecular formula is C28H41NO8. The maximum absolute atomic E-state index is 13.6. The van der Waals surface area contributed by atoms with E-state index >= 15 is 0 Å². The monoisotopic (exact) mass is 519 g/mol. The minimum absolute atomic E-state index is 0.130. The number of esters is 1. The Morgan fingerprint density at radius 1 is 0.973 bits per heavy atom. The van der Waals surface area contributed by atoms with Crippen LogP contribution in [-0.2, 0) is 39.8 Å². The lowest BCUT2D eigenvalue weighted by atomic mass is 10.0. The van der Waals surface area contributed by atoms with Crippen LogP contribution in [0.1, 0.15) is 61.0 Å². The predicted octanol–water partition coefficient (Wildman–Crippen LogP) is 4.58. The normalized spacial score (nSPS) is 25.5. The summed E-state index contributed by atoms with van der Waals surface area (Å²) in [7, 11) is 1.44. The first-order chi connectivity index (χ1) is 17.1. The van der Waals surface area contributed by atoms with Gasteiger partial charge in [-0.25, -0.2) is 9.59 Å². The van der Waals surface area contributed by atoms with Crippen molar-refractivity contribution in [2.24, 2.45) is 0 Å². The topological polar surface area (TPSA) is 92.8 Å². The Balaban J connectivity index is 2.00. The molecule has 4 unspecified atom stereocenters. The lowest BCUT2D eigenvalue weighted by Crippen LogP contribution is -2.51. The quantitative estimate of drug-likeness (QED) is 0.294. The maximum Gasteiger partial charge on any atom is 0.411 e. The van der Waals surface area contributed by atoms with Crippen LogP contribution in [-0.4, -0.2) is 72.0 Å². The van der Waals surface area contributed by atoms with Crippen LogP contribution in [0.25, 0.3) is 0 Å². The van der Waals surface area contributed by atoms with E-state index in [1.807, 2.05) is 30.3 Å². The lowest BCUT2D eigenvalue weighted by Gasteiger charge is -2.36. The molecule has 2 fully saturated rings. The van der Waals surface area contributed by atoms with Crippen molar-refractivity contribution in [1.29, 1.82) is 0 Å². The standard InChI is InChI=1S/C28H41NO8/c1-26(2,3)36-24(30)19(16-32-9)21-23-22(34-28(7,8)35-23)20(29(21)25(31)37-27(4,5)6)17-33-15-18-13-11-10-12-14-18/h10-14,16,20-23H,15,17H2,1-9H3. The van der Waals surface area contributed by atoms with Gasteiger partial charge in [0, 0.05) is 0 Å². The van der Waals surface area contributed by atoms with E-state index in [-0.39, 0.29) is 12.2 Å². The van der Waals surface area contributed by atoms with Crippen molar-refractivity contribution < 1.29 is 38.0 Å². The van der Waals surface area contributed by atoms with Gasteiger partial charge in [-0.15, -0.1) is 0 Å². The summed E-state index contributed by atoms with van der Waals surface area (Å²) in [5.74, 6) is -1.55. The largest absolute Gasteiger partial charge is 0.504 e. The molecule has 1 amide bonds. The first kappa shape index (κ1) is 28.9. The minimum Gasteiger partial charge on any atom is -0.504 e. The van der Waals surface area contributed by atoms with Gasteiger partial charge in [-0.1, -0.05) is 30.3 Å². The number of hydrogen-bond acceptors (Lipinski definition) is 8. The molecule has 2 aliphatic rings. The Labute approximate surface area is 220 Å². The lowest BCUT2D eigenvalue weighted by molar-refractivity contribution is -0.170. The smallest absolute Gasteiger partial charge is 0.411 e. The van der Waals surface area contributed by atoms with E-state index in [4.69, 9.17) is 28.4 Å². The number of nitrogens with zero attached hydrogens (tertiary/aromatic N) is 1. The molecule has 1 aromatic rings. The van der Waals surface area contributed by atoms with Gasteiger partial charge in [0.2, 0.25) is 0 Å². The van der Waals surface area contributed by atoms with Crippen molar-refractivity contribution >= 4 is 12.1 Å². The van der Waals surface area contributed by atoms with E-state index < -0.39 is 53.3 Å². The van der Waals surface area contributed by atoms with Crippen molar-refractivity contribution in [3.8, 4) is 0 Å². The van der Waals surface area contributed by atoms with Crippen molar-refractivity contribution in [1.82, 2.24) is 4.90 Å². The molecule has 0 saturated carbocycles. The third kappa shape index (κ3) is 7.46. The minimum atomic E-state index is -0.933. The fraction of sp³-hybridized carbons (Fsp3) is 0.643. The zero-order valence-electron chi connectivity index (χ0n) is 23.4. The first-order valence-corrected chi connectivity index (χ1v) is 12.6. The molecule has 3 rings (SSSR count). The van der Waals surface area contributed by atoms with Gasteiger partial charge in [0.25, 0.3) is 0 Å². The summed E-state index contributed by atoms with van der Waals surface area (Å²) in [6.07, 6.45) is -0.571. The number of rotatable bonds is 7. The highest BCUT2D eigenvalue weighted by molar-refractivity contribution is 5.91. The summed E-state index contributed by atoms with van der Waals surface area (Å²) in [6.45, 7) is 14.8. The van der Waals surface area contributed by atoms with Crippen LogP contribution in [0.4, 0.5) is 4.79 Å². The van der Waals surface area contributed by atoms with Crippen LogP contribution in [0.2, 0.25) is 0 Å². The molecule has 4 atom stereocenters. The van der Waals surface area contributed by atoms with E-state index in [0.717, 1.165) is 5.56 Å². The Hall–Kier alpha value is -2.62. The Bertz CT molecular complexity index is 976. The number of hydrogen-bond donors (Lipinski definition) is 0. The predicted molar refractivity (Wildman–Crippen MR) is 137 cm³/mol. The Kier molecular flexibility index (Phi) is 8.61. The molecule has 2 heterocycles. The molecular weight excluding hydrogens is 478 g/mol. The van der Waals surface area contributed by atoms with Crippen LogP contribution in [0.3, 0.4) is 0 Å². The summed E-state index contributed by atoms with van der Waals surface area (Å²) in [6, 6.07) is 8.25. The number of amides is 1. The van der Waals surface area contributed by atoms with Crippen LogP contribution < -0.4 is 0 Å². The average molecular weight is 520 g/mol. The number of carbonyl (C=O) groups excluding carboxylic acids is 2. The highest BCUT2D eigenvalue weighted by Gasteiger charge is 2.62. The molecule has 2 saturated heterocycles. The summed E-state index contributed by atoms with van der Waals surface area (Å²) >= 11 is 0. The van der Waals surface area contributed by atoms with E-state index in [2.05, 4.69) is 0 Å². The zero-order chi connectivity index (χ0) is 27.6. The molecule has 0 spiro atoms. The Morgan fingerprint density at radius 3 is 2.14 bits per heavy atom. The second-order valence-corrected chi connectivity index (χ2v) is 11.8. The molecule has 9 heteroatoms. The summed E-state index contributed by atoms with van der Waals surface area (Å²) < 4.78 is 35.3. The highest BCUT2D eigenvalue weighted by Crippen LogP contribution is 2.44. The van der Waals surface area contributed by atoms with Crippen molar-refractivity contribution in [2.45, 2.75) is 103 Å². The molecule has 37 heavy (non-hydrogen) atoms. The molecule has 9 nitrogen and oxygen atoms in total. The first-order valence-electron chi connectivity index (χ1n) is 12.6. The van der Waals surface area contributed by atoms with Gasteiger partial charge >= 0.3 is 12.1 Å². The van der Waals surface area contributed by atoms with E-state index in [1.165, 1.54) is 18.3 Å². The molecule has 2 aliphatic heterocycles. The van der Waals surface area contributed by atoms with Gasteiger partial charge in [0.15, 0.2) is 5.79 Å². The van der Waals surface area contributed by atoms with Gasteiger partial charge in [-0.2, -0.15) is 0 Å². The van der Waals surface area contributed by atoms with Crippen LogP contribution in [0.5, 0.6) is 0 Å². The zero-order valence-corrected chi connectivity index (χ0v) is 23.4. The van der Waals surface area contributed by atoms with Crippen molar-refractivity contribution in [2.75, 3.05) is 13.7 Å². The maximum atomic E-state index is 13.6. The summed E-state index contributed by atoms with van der Waals surface area (Å²) in [5.41, 5.74) is -0.407. The number of ether oxygens (including phenoxy) is 6. The number of benzene rings is 1. The summed E-state index contributed by atoms with van der Waals surface area (Å²) in [4.78, 5) is 28.5. The third-order valence-electron chi connectivity index (χ3n) is 5.71. The molecule has 206 valence electrons. The Morgan fingerprint density at radius 2 is 1.57 bits per heavy atom. The molecule has 0 radical (unpaired) electrons. The molecule has 0 bridgehead atoms. The van der Waals surface area contributed by atoms with Gasteiger partial charge in [0.05, 0.1) is 44.2 Å². The number of methoxy groups -OCH3 is 1. The molecule has 0 aliphatic carbocycles. The van der Waals surface area contributed by atoms with E-state index in [0.29, 0.717) is 6.61 Å². The molecule has 0 aromatic heterocycles. The SMILES string of the molecule is COC=C(C(=O)OC(C)(C)C)C1C2OC(C)(C)OC2C(COCc2ccccc2)N1C(=O)OC(C)(C)C. The fourth-order valence-electron chi connectivity index (χ4n) is 4.52. The molecule has 1 aromatic carbocycles. The van der Waals surface area contributed by atoms with Crippen LogP contribution in [0, 0.1) is 0 Å². The van der Waals surface area contributed by atoms with Crippen molar-refractivity contribution in [3.63, 3.8) is 0 Å². The number of fused-ring (bicyclic) bond motifs is 1. The van der Waals surface area contributed by atoms with Crippen molar-refractivity contribution in [3.05, 3.63) is 47.7 Å². The second-order valence-electron chi connectivity index (χ2n) is 11.8. The number of likely N-dealkylation sites (tertiary alicyclic amines) is 1. The van der Waals surface area contributed by atoms with Crippen LogP contribution in [0.15, 0.2) is 42.2 Å². The number of carbonyl (C=O) groups is 2. The van der Waals surface area contributed by atoms with E-state index in [9.17, 15) is 9.59 Å². The third-order valence-corrected chi connectivity index (χ3v) is 5.71. The van der Waals surface area contributed by atoms with Crippen LogP contribution >= 0.6 is 0 Å². The van der Waals surface area contributed by atoms with E-state index in [1.54, 1.807) is 55.4 Å². The van der Waals surface area contributed by atoms with Gasteiger partial charge in [-0.05, 0) is 61.0 Å². The van der Waals surface area contributed by atoms with Gasteiger partial charge in [-0.3, -0.25) is 4.90 Å². The van der Waals surface area contributed by atoms with Gasteiger partial charge in [0.1, 0.15) is 23.4 Å². The van der Waals surface area contributed by atoms with Gasteiger partial charge < -0.3 is 28.4 Å². The highest BCUT2D eigenvalue weighted by atomic mass is 16.8. The summed E-state index contributed by atoms with van der Waals surface area (Å²) in [5, 5.41) is 0.